The fourth-order valence-electron chi connectivity index (χ4n) is 3.35. The molecule has 1 aliphatic rings. The quantitative estimate of drug-likeness (QED) is 0.875. The van der Waals surface area contributed by atoms with Crippen LogP contribution in [-0.4, -0.2) is 21.7 Å². The molecule has 0 amide bonds. The number of aromatic hydroxyl groups is 1. The predicted octanol–water partition coefficient (Wildman–Crippen LogP) is 4.35. The van der Waals surface area contributed by atoms with Crippen LogP contribution in [0.15, 0.2) is 27.2 Å². The van der Waals surface area contributed by atoms with E-state index in [9.17, 15) is 5.11 Å². The Morgan fingerprint density at radius 2 is 2.27 bits per heavy atom. The van der Waals surface area contributed by atoms with Crippen LogP contribution in [0.3, 0.4) is 0 Å². The highest BCUT2D eigenvalue weighted by Crippen LogP contribution is 2.38. The molecule has 0 bridgehead atoms. The van der Waals surface area contributed by atoms with Gasteiger partial charge in [-0.2, -0.15) is 0 Å². The maximum Gasteiger partial charge on any atom is 0.141 e. The van der Waals surface area contributed by atoms with E-state index < -0.39 is 0 Å². The summed E-state index contributed by atoms with van der Waals surface area (Å²) >= 11 is 3.48. The zero-order chi connectivity index (χ0) is 15.7. The number of halogens is 1. The summed E-state index contributed by atoms with van der Waals surface area (Å²) in [6.45, 7) is 5.89. The third-order valence-electron chi connectivity index (χ3n) is 4.42. The molecule has 1 aromatic heterocycles. The Labute approximate surface area is 139 Å². The maximum atomic E-state index is 10.1. The molecule has 2 aromatic rings. The first-order chi connectivity index (χ1) is 10.6. The molecule has 22 heavy (non-hydrogen) atoms. The molecule has 0 radical (unpaired) electrons. The van der Waals surface area contributed by atoms with E-state index in [1.165, 1.54) is 5.56 Å². The van der Waals surface area contributed by atoms with Crippen LogP contribution in [-0.2, 0) is 13.0 Å². The summed E-state index contributed by atoms with van der Waals surface area (Å²) in [5.74, 6) is 1.35. The van der Waals surface area contributed by atoms with Gasteiger partial charge in [-0.25, -0.2) is 0 Å². The molecule has 3 rings (SSSR count). The van der Waals surface area contributed by atoms with Gasteiger partial charge in [-0.3, -0.25) is 4.90 Å². The lowest BCUT2D eigenvalue weighted by molar-refractivity contribution is 0.242. The Kier molecular flexibility index (Phi) is 4.54. The largest absolute Gasteiger partial charge is 0.508 e. The number of phenolic OH excluding ortho intramolecular Hbond substituents is 1. The van der Waals surface area contributed by atoms with Gasteiger partial charge in [0.15, 0.2) is 0 Å². The molecule has 118 valence electrons. The fourth-order valence-corrected chi connectivity index (χ4v) is 3.76. The number of hydrogen-bond acceptors (Lipinski definition) is 4. The first-order valence-corrected chi connectivity index (χ1v) is 8.56. The molecule has 1 saturated heterocycles. The van der Waals surface area contributed by atoms with Gasteiger partial charge in [0.25, 0.3) is 0 Å². The van der Waals surface area contributed by atoms with E-state index in [0.29, 0.717) is 11.8 Å². The smallest absolute Gasteiger partial charge is 0.141 e. The van der Waals surface area contributed by atoms with Crippen LogP contribution in [0.4, 0.5) is 0 Å². The monoisotopic (exact) mass is 364 g/mol. The van der Waals surface area contributed by atoms with Crippen molar-refractivity contribution in [2.75, 3.05) is 6.54 Å². The van der Waals surface area contributed by atoms with E-state index in [2.05, 4.69) is 32.9 Å². The van der Waals surface area contributed by atoms with Crippen LogP contribution >= 0.6 is 15.9 Å². The van der Waals surface area contributed by atoms with Gasteiger partial charge < -0.3 is 9.63 Å². The molecule has 1 fully saturated rings. The van der Waals surface area contributed by atoms with Crippen molar-refractivity contribution in [3.63, 3.8) is 0 Å². The molecule has 0 spiro atoms. The van der Waals surface area contributed by atoms with Gasteiger partial charge in [-0.15, -0.1) is 0 Å². The average molecular weight is 365 g/mol. The zero-order valence-corrected chi connectivity index (χ0v) is 14.6. The number of phenols is 1. The highest BCUT2D eigenvalue weighted by molar-refractivity contribution is 9.10. The lowest BCUT2D eigenvalue weighted by Gasteiger charge is -2.25. The zero-order valence-electron chi connectivity index (χ0n) is 13.0. The third-order valence-corrected chi connectivity index (χ3v) is 4.91. The van der Waals surface area contributed by atoms with E-state index >= 15 is 0 Å². The summed E-state index contributed by atoms with van der Waals surface area (Å²) in [6.07, 6.45) is 3.14. The Morgan fingerprint density at radius 3 is 3.05 bits per heavy atom. The molecule has 0 aliphatic carbocycles. The Balaban J connectivity index is 1.87. The van der Waals surface area contributed by atoms with Crippen LogP contribution in [0.1, 0.15) is 48.4 Å². The van der Waals surface area contributed by atoms with Gasteiger partial charge in [-0.1, -0.05) is 28.0 Å². The Bertz CT molecular complexity index is 669. The molecule has 0 unspecified atom stereocenters. The minimum Gasteiger partial charge on any atom is -0.508 e. The number of aryl methyl sites for hydroxylation is 2. The Hall–Kier alpha value is -1.33. The van der Waals surface area contributed by atoms with E-state index in [4.69, 9.17) is 4.52 Å². The van der Waals surface area contributed by atoms with E-state index in [-0.39, 0.29) is 0 Å². The molecular weight excluding hydrogens is 344 g/mol. The van der Waals surface area contributed by atoms with Crippen molar-refractivity contribution in [3.05, 3.63) is 45.3 Å². The van der Waals surface area contributed by atoms with Crippen LogP contribution in [0.2, 0.25) is 0 Å². The second-order valence-electron chi connectivity index (χ2n) is 5.86. The van der Waals surface area contributed by atoms with E-state index in [1.807, 2.05) is 19.1 Å². The topological polar surface area (TPSA) is 49.5 Å². The molecular formula is C17H21BrN2O2. The van der Waals surface area contributed by atoms with Crippen molar-refractivity contribution in [1.82, 2.24) is 10.1 Å². The highest BCUT2D eigenvalue weighted by atomic mass is 79.9. The lowest BCUT2D eigenvalue weighted by Crippen LogP contribution is -2.23. The summed E-state index contributed by atoms with van der Waals surface area (Å²) in [6, 6.07) is 5.93. The van der Waals surface area contributed by atoms with Gasteiger partial charge in [0.2, 0.25) is 0 Å². The van der Waals surface area contributed by atoms with Gasteiger partial charge in [0, 0.05) is 34.6 Å². The van der Waals surface area contributed by atoms with Crippen molar-refractivity contribution >= 4 is 15.9 Å². The normalized spacial score (nSPS) is 19.0. The number of hydrogen-bond donors (Lipinski definition) is 1. The van der Waals surface area contributed by atoms with Crippen molar-refractivity contribution in [3.8, 4) is 5.75 Å². The Morgan fingerprint density at radius 1 is 1.45 bits per heavy atom. The van der Waals surface area contributed by atoms with Crippen molar-refractivity contribution in [2.24, 2.45) is 0 Å². The molecule has 2 heterocycles. The first kappa shape index (κ1) is 15.6. The summed E-state index contributed by atoms with van der Waals surface area (Å²) < 4.78 is 6.46. The van der Waals surface area contributed by atoms with Crippen LogP contribution < -0.4 is 0 Å². The van der Waals surface area contributed by atoms with Crippen molar-refractivity contribution in [2.45, 2.75) is 45.7 Å². The summed E-state index contributed by atoms with van der Waals surface area (Å²) in [5.41, 5.74) is 3.19. The fraction of sp³-hybridized carbons (Fsp3) is 0.471. The number of likely N-dealkylation sites (tertiary alicyclic amines) is 1. The average Bonchev–Trinajstić information content (AvgIpc) is 3.08. The minimum absolute atomic E-state index is 0.333. The third kappa shape index (κ3) is 2.92. The molecule has 1 N–H and O–H groups in total. The summed E-state index contributed by atoms with van der Waals surface area (Å²) in [5, 5.41) is 14.2. The van der Waals surface area contributed by atoms with Crippen LogP contribution in [0.5, 0.6) is 5.75 Å². The maximum absolute atomic E-state index is 10.1. The number of nitrogens with zero attached hydrogens (tertiary/aromatic N) is 2. The molecule has 4 nitrogen and oxygen atoms in total. The minimum atomic E-state index is 0.333. The number of benzene rings is 1. The number of rotatable bonds is 4. The second kappa shape index (κ2) is 6.42. The van der Waals surface area contributed by atoms with E-state index in [0.717, 1.165) is 53.8 Å². The SMILES string of the molecule is CCc1onc(C)c1[C@H]1CCCN1Cc1cc(Br)ccc1O. The van der Waals surface area contributed by atoms with Gasteiger partial charge in [0.05, 0.1) is 5.69 Å². The van der Waals surface area contributed by atoms with Gasteiger partial charge in [0.1, 0.15) is 11.5 Å². The summed E-state index contributed by atoms with van der Waals surface area (Å²) in [7, 11) is 0. The van der Waals surface area contributed by atoms with Gasteiger partial charge >= 0.3 is 0 Å². The molecule has 0 saturated carbocycles. The highest BCUT2D eigenvalue weighted by Gasteiger charge is 2.31. The van der Waals surface area contributed by atoms with Gasteiger partial charge in [-0.05, 0) is 44.5 Å². The standard InChI is InChI=1S/C17H21BrN2O2/c1-3-16-17(11(2)19-22-16)14-5-4-8-20(14)10-12-9-13(18)6-7-15(12)21/h6-7,9,14,21H,3-5,8,10H2,1-2H3/t14-/m1/s1. The van der Waals surface area contributed by atoms with Crippen LogP contribution in [0.25, 0.3) is 0 Å². The second-order valence-corrected chi connectivity index (χ2v) is 6.78. The number of aromatic nitrogens is 1. The molecule has 1 atom stereocenters. The van der Waals surface area contributed by atoms with E-state index in [1.54, 1.807) is 6.07 Å². The van der Waals surface area contributed by atoms with Crippen LogP contribution in [0, 0.1) is 6.92 Å². The molecule has 1 aromatic carbocycles. The van der Waals surface area contributed by atoms with Crippen molar-refractivity contribution in [1.29, 1.82) is 0 Å². The summed E-state index contributed by atoms with van der Waals surface area (Å²) in [4.78, 5) is 2.42. The van der Waals surface area contributed by atoms with Crippen molar-refractivity contribution < 1.29 is 9.63 Å². The molecule has 5 heteroatoms. The predicted molar refractivity (Wildman–Crippen MR) is 88.8 cm³/mol. The lowest BCUT2D eigenvalue weighted by atomic mass is 10.0. The first-order valence-electron chi connectivity index (χ1n) is 7.76. The molecule has 1 aliphatic heterocycles.